The Balaban J connectivity index is 2.43. The van der Waals surface area contributed by atoms with E-state index in [1.54, 1.807) is 6.08 Å². The smallest absolute Gasteiger partial charge is 0.0932 e. The Morgan fingerprint density at radius 3 is 3.00 bits per heavy atom. The van der Waals surface area contributed by atoms with E-state index in [0.29, 0.717) is 0 Å². The number of hydrogen-bond acceptors (Lipinski definition) is 2. The Morgan fingerprint density at radius 1 is 1.41 bits per heavy atom. The molecule has 0 spiro atoms. The first-order valence-electron chi connectivity index (χ1n) is 5.76. The molecular weight excluding hydrogens is 210 g/mol. The van der Waals surface area contributed by atoms with Crippen LogP contribution in [0.5, 0.6) is 0 Å². The number of allylic oxidation sites excluding steroid dienone is 2. The summed E-state index contributed by atoms with van der Waals surface area (Å²) < 4.78 is 1.91. The molecule has 1 heterocycles. The summed E-state index contributed by atoms with van der Waals surface area (Å²) in [6.07, 6.45) is 3.68. The molecule has 1 aliphatic rings. The van der Waals surface area contributed by atoms with Gasteiger partial charge in [0.15, 0.2) is 0 Å². The summed E-state index contributed by atoms with van der Waals surface area (Å²) in [5, 5.41) is 14.6. The van der Waals surface area contributed by atoms with E-state index in [9.17, 15) is 0 Å². The molecule has 0 radical (unpaired) electrons. The van der Waals surface area contributed by atoms with Gasteiger partial charge in [-0.3, -0.25) is 4.68 Å². The summed E-state index contributed by atoms with van der Waals surface area (Å²) in [5.41, 5.74) is 5.94. The van der Waals surface area contributed by atoms with Crippen LogP contribution in [-0.4, -0.2) is 9.78 Å². The van der Waals surface area contributed by atoms with Crippen molar-refractivity contribution in [1.29, 1.82) is 5.26 Å². The van der Waals surface area contributed by atoms with Crippen LogP contribution in [0.15, 0.2) is 18.2 Å². The van der Waals surface area contributed by atoms with Crippen LogP contribution in [-0.2, 0) is 13.5 Å². The van der Waals surface area contributed by atoms with Crippen LogP contribution in [0.4, 0.5) is 0 Å². The molecule has 1 aromatic carbocycles. The van der Waals surface area contributed by atoms with Crippen molar-refractivity contribution in [2.45, 2.75) is 19.8 Å². The topological polar surface area (TPSA) is 41.6 Å². The third-order valence-corrected chi connectivity index (χ3v) is 3.60. The van der Waals surface area contributed by atoms with Gasteiger partial charge in [-0.15, -0.1) is 0 Å². The minimum atomic E-state index is 0.969. The SMILES string of the molecule is Cc1c2c3c(ccc2nn1C)CCC3=CC#N. The lowest BCUT2D eigenvalue weighted by Crippen LogP contribution is -1.92. The van der Waals surface area contributed by atoms with Gasteiger partial charge in [-0.1, -0.05) is 6.07 Å². The number of hydrogen-bond donors (Lipinski definition) is 0. The second-order valence-corrected chi connectivity index (χ2v) is 4.50. The van der Waals surface area contributed by atoms with E-state index in [2.05, 4.69) is 30.2 Å². The molecule has 0 fully saturated rings. The number of aryl methyl sites for hydroxylation is 3. The molecule has 1 aliphatic carbocycles. The molecule has 0 atom stereocenters. The Morgan fingerprint density at radius 2 is 2.24 bits per heavy atom. The van der Waals surface area contributed by atoms with Crippen LogP contribution >= 0.6 is 0 Å². The van der Waals surface area contributed by atoms with Gasteiger partial charge in [0.25, 0.3) is 0 Å². The van der Waals surface area contributed by atoms with Gasteiger partial charge in [0.2, 0.25) is 0 Å². The van der Waals surface area contributed by atoms with Crippen molar-refractivity contribution in [3.8, 4) is 6.07 Å². The average molecular weight is 223 g/mol. The van der Waals surface area contributed by atoms with Gasteiger partial charge < -0.3 is 0 Å². The molecule has 17 heavy (non-hydrogen) atoms. The Kier molecular flexibility index (Phi) is 2.05. The maximum absolute atomic E-state index is 8.85. The molecule has 3 rings (SSSR count). The largest absolute Gasteiger partial charge is 0.272 e. The van der Waals surface area contributed by atoms with Crippen LogP contribution in [0, 0.1) is 18.3 Å². The highest BCUT2D eigenvalue weighted by Crippen LogP contribution is 2.38. The van der Waals surface area contributed by atoms with Gasteiger partial charge >= 0.3 is 0 Å². The molecule has 2 aromatic rings. The molecule has 84 valence electrons. The third kappa shape index (κ3) is 1.31. The Bertz CT molecular complexity index is 684. The second kappa shape index (κ2) is 3.46. The number of rotatable bonds is 0. The van der Waals surface area contributed by atoms with E-state index in [1.165, 1.54) is 22.2 Å². The zero-order chi connectivity index (χ0) is 12.0. The number of nitrogens with zero attached hydrogens (tertiary/aromatic N) is 3. The van der Waals surface area contributed by atoms with Crippen molar-refractivity contribution >= 4 is 16.5 Å². The summed E-state index contributed by atoms with van der Waals surface area (Å²) in [7, 11) is 1.96. The molecule has 0 aliphatic heterocycles. The lowest BCUT2D eigenvalue weighted by Gasteiger charge is -2.03. The number of fused-ring (bicyclic) bond motifs is 3. The molecular formula is C14H13N3. The van der Waals surface area contributed by atoms with Crippen LogP contribution in [0.25, 0.3) is 16.5 Å². The minimum absolute atomic E-state index is 0.969. The molecule has 1 aromatic heterocycles. The van der Waals surface area contributed by atoms with E-state index in [1.807, 2.05) is 11.7 Å². The van der Waals surface area contributed by atoms with Gasteiger partial charge in [0, 0.05) is 24.2 Å². The van der Waals surface area contributed by atoms with Crippen LogP contribution in [0.1, 0.15) is 23.2 Å². The fourth-order valence-corrected chi connectivity index (χ4v) is 2.67. The summed E-state index contributed by atoms with van der Waals surface area (Å²) in [5.74, 6) is 0. The highest BCUT2D eigenvalue weighted by molar-refractivity contribution is 5.97. The van der Waals surface area contributed by atoms with Gasteiger partial charge in [-0.25, -0.2) is 0 Å². The second-order valence-electron chi connectivity index (χ2n) is 4.50. The predicted molar refractivity (Wildman–Crippen MR) is 67.4 cm³/mol. The van der Waals surface area contributed by atoms with Crippen LogP contribution in [0.2, 0.25) is 0 Å². The minimum Gasteiger partial charge on any atom is -0.272 e. The van der Waals surface area contributed by atoms with E-state index >= 15 is 0 Å². The third-order valence-electron chi connectivity index (χ3n) is 3.60. The Hall–Kier alpha value is -2.08. The monoisotopic (exact) mass is 223 g/mol. The average Bonchev–Trinajstić information content (AvgIpc) is 2.83. The summed E-state index contributed by atoms with van der Waals surface area (Å²) in [6.45, 7) is 2.08. The van der Waals surface area contributed by atoms with Gasteiger partial charge in [0.05, 0.1) is 11.6 Å². The zero-order valence-electron chi connectivity index (χ0n) is 9.99. The van der Waals surface area contributed by atoms with Crippen LogP contribution in [0.3, 0.4) is 0 Å². The van der Waals surface area contributed by atoms with Gasteiger partial charge in [-0.2, -0.15) is 10.4 Å². The van der Waals surface area contributed by atoms with E-state index in [0.717, 1.165) is 23.9 Å². The first-order chi connectivity index (χ1) is 8.22. The molecule has 0 N–H and O–H groups in total. The fraction of sp³-hybridized carbons (Fsp3) is 0.286. The molecule has 0 saturated carbocycles. The lowest BCUT2D eigenvalue weighted by molar-refractivity contribution is 0.751. The molecule has 0 amide bonds. The van der Waals surface area contributed by atoms with E-state index in [4.69, 9.17) is 5.26 Å². The van der Waals surface area contributed by atoms with Crippen molar-refractivity contribution < 1.29 is 0 Å². The van der Waals surface area contributed by atoms with E-state index in [-0.39, 0.29) is 0 Å². The quantitative estimate of drug-likeness (QED) is 0.644. The van der Waals surface area contributed by atoms with Crippen LogP contribution < -0.4 is 0 Å². The molecule has 3 nitrogen and oxygen atoms in total. The molecule has 0 bridgehead atoms. The standard InChI is InChI=1S/C14H13N3/c1-9-13-12(16-17(9)2)6-5-10-3-4-11(7-8-15)14(10)13/h5-7H,3-4H2,1-2H3. The fourth-order valence-electron chi connectivity index (χ4n) is 2.67. The normalized spacial score (nSPS) is 16.4. The summed E-state index contributed by atoms with van der Waals surface area (Å²) >= 11 is 0. The van der Waals surface area contributed by atoms with Crippen molar-refractivity contribution in [3.63, 3.8) is 0 Å². The Labute approximate surface area is 100.0 Å². The first-order valence-corrected chi connectivity index (χ1v) is 5.76. The zero-order valence-corrected chi connectivity index (χ0v) is 9.99. The number of nitriles is 1. The number of benzene rings is 1. The molecule has 0 saturated heterocycles. The summed E-state index contributed by atoms with van der Waals surface area (Å²) in [4.78, 5) is 0. The molecule has 0 unspecified atom stereocenters. The first kappa shape index (κ1) is 10.1. The van der Waals surface area contributed by atoms with Crippen molar-refractivity contribution in [3.05, 3.63) is 35.0 Å². The number of aromatic nitrogens is 2. The van der Waals surface area contributed by atoms with Crippen molar-refractivity contribution in [2.24, 2.45) is 7.05 Å². The maximum atomic E-state index is 8.85. The van der Waals surface area contributed by atoms with Gasteiger partial charge in [0.1, 0.15) is 0 Å². The highest BCUT2D eigenvalue weighted by Gasteiger charge is 2.21. The predicted octanol–water partition coefficient (Wildman–Crippen LogP) is 2.73. The van der Waals surface area contributed by atoms with Gasteiger partial charge in [-0.05, 0) is 42.5 Å². The molecule has 3 heteroatoms. The highest BCUT2D eigenvalue weighted by atomic mass is 15.3. The van der Waals surface area contributed by atoms with Crippen molar-refractivity contribution in [1.82, 2.24) is 9.78 Å². The van der Waals surface area contributed by atoms with E-state index < -0.39 is 0 Å². The van der Waals surface area contributed by atoms with Crippen molar-refractivity contribution in [2.75, 3.05) is 0 Å². The summed E-state index contributed by atoms with van der Waals surface area (Å²) in [6, 6.07) is 6.37. The maximum Gasteiger partial charge on any atom is 0.0932 e. The lowest BCUT2D eigenvalue weighted by atomic mass is 10.0.